The Morgan fingerprint density at radius 3 is 2.89 bits per heavy atom. The Kier molecular flexibility index (Phi) is 2.69. The van der Waals surface area contributed by atoms with Gasteiger partial charge in [0.05, 0.1) is 18.4 Å². The van der Waals surface area contributed by atoms with Gasteiger partial charge in [-0.3, -0.25) is 9.59 Å². The smallest absolute Gasteiger partial charge is 0.256 e. The van der Waals surface area contributed by atoms with Crippen LogP contribution in [0, 0.1) is 6.92 Å². The van der Waals surface area contributed by atoms with Crippen molar-refractivity contribution in [2.24, 2.45) is 0 Å². The Hall–Kier alpha value is -2.04. The molecule has 0 saturated carbocycles. The van der Waals surface area contributed by atoms with Crippen molar-refractivity contribution < 1.29 is 14.3 Å². The van der Waals surface area contributed by atoms with Crippen LogP contribution < -0.4 is 10.1 Å². The Morgan fingerprint density at radius 2 is 2.16 bits per heavy atom. The van der Waals surface area contributed by atoms with Gasteiger partial charge in [-0.1, -0.05) is 0 Å². The van der Waals surface area contributed by atoms with Gasteiger partial charge < -0.3 is 15.0 Å². The van der Waals surface area contributed by atoms with Crippen molar-refractivity contribution in [3.8, 4) is 5.75 Å². The molecule has 0 spiro atoms. The van der Waals surface area contributed by atoms with Gasteiger partial charge in [-0.2, -0.15) is 0 Å². The summed E-state index contributed by atoms with van der Waals surface area (Å²) in [7, 11) is 1.58. The van der Waals surface area contributed by atoms with E-state index in [-0.39, 0.29) is 17.9 Å². The van der Waals surface area contributed by atoms with Crippen LogP contribution >= 0.6 is 0 Å². The van der Waals surface area contributed by atoms with E-state index in [2.05, 4.69) is 5.32 Å². The summed E-state index contributed by atoms with van der Waals surface area (Å²) < 4.78 is 5.25. The highest BCUT2D eigenvalue weighted by Crippen LogP contribution is 2.32. The molecule has 0 aliphatic carbocycles. The molecule has 1 aromatic rings. The van der Waals surface area contributed by atoms with E-state index in [0.29, 0.717) is 23.5 Å². The zero-order valence-corrected chi connectivity index (χ0v) is 11.0. The lowest BCUT2D eigenvalue weighted by Gasteiger charge is -2.20. The van der Waals surface area contributed by atoms with Gasteiger partial charge in [0.15, 0.2) is 0 Å². The van der Waals surface area contributed by atoms with Crippen LogP contribution in [0.3, 0.4) is 0 Å². The van der Waals surface area contributed by atoms with Gasteiger partial charge in [0.2, 0.25) is 5.91 Å². The van der Waals surface area contributed by atoms with E-state index in [1.165, 1.54) is 0 Å². The number of carbonyl (C=O) groups excluding carboxylic acids is 2. The SMILES string of the molecule is COc1cc2c(cc1C)NC(=O)C1CCCN1C2=O. The predicted molar refractivity (Wildman–Crippen MR) is 70.4 cm³/mol. The second kappa shape index (κ2) is 4.26. The highest BCUT2D eigenvalue weighted by atomic mass is 16.5. The van der Waals surface area contributed by atoms with Crippen LogP contribution in [0.1, 0.15) is 28.8 Å². The number of benzene rings is 1. The van der Waals surface area contributed by atoms with Crippen molar-refractivity contribution in [3.63, 3.8) is 0 Å². The minimum absolute atomic E-state index is 0.0887. The van der Waals surface area contributed by atoms with E-state index < -0.39 is 0 Å². The molecule has 1 aromatic carbocycles. The third kappa shape index (κ3) is 1.77. The fourth-order valence-corrected chi connectivity index (χ4v) is 2.84. The number of amides is 2. The van der Waals surface area contributed by atoms with Crippen LogP contribution in [-0.2, 0) is 4.79 Å². The first-order valence-corrected chi connectivity index (χ1v) is 6.42. The largest absolute Gasteiger partial charge is 0.496 e. The molecule has 1 unspecified atom stereocenters. The molecule has 5 nitrogen and oxygen atoms in total. The fraction of sp³-hybridized carbons (Fsp3) is 0.429. The van der Waals surface area contributed by atoms with Gasteiger partial charge in [0.25, 0.3) is 5.91 Å². The lowest BCUT2D eigenvalue weighted by molar-refractivity contribution is -0.119. The Labute approximate surface area is 111 Å². The highest BCUT2D eigenvalue weighted by Gasteiger charge is 2.38. The minimum atomic E-state index is -0.328. The van der Waals surface area contributed by atoms with E-state index in [1.54, 1.807) is 24.1 Å². The summed E-state index contributed by atoms with van der Waals surface area (Å²) in [5.41, 5.74) is 2.00. The van der Waals surface area contributed by atoms with Crippen LogP contribution in [0.15, 0.2) is 12.1 Å². The molecule has 0 bridgehead atoms. The molecular formula is C14H16N2O3. The molecule has 100 valence electrons. The normalized spacial score (nSPS) is 21.6. The van der Waals surface area contributed by atoms with E-state index in [0.717, 1.165) is 18.4 Å². The number of methoxy groups -OCH3 is 1. The molecule has 2 amide bonds. The van der Waals surface area contributed by atoms with Crippen molar-refractivity contribution in [3.05, 3.63) is 23.3 Å². The Balaban J connectivity index is 2.13. The monoisotopic (exact) mass is 260 g/mol. The zero-order valence-electron chi connectivity index (χ0n) is 11.0. The lowest BCUT2D eigenvalue weighted by atomic mass is 10.1. The van der Waals surface area contributed by atoms with Gasteiger partial charge in [0, 0.05) is 6.54 Å². The maximum atomic E-state index is 12.5. The van der Waals surface area contributed by atoms with Crippen LogP contribution in [0.25, 0.3) is 0 Å². The number of aryl methyl sites for hydroxylation is 1. The summed E-state index contributed by atoms with van der Waals surface area (Å²) in [5.74, 6) is 0.488. The second-order valence-corrected chi connectivity index (χ2v) is 5.01. The van der Waals surface area contributed by atoms with Gasteiger partial charge >= 0.3 is 0 Å². The van der Waals surface area contributed by atoms with Crippen LogP contribution in [0.5, 0.6) is 5.75 Å². The fourth-order valence-electron chi connectivity index (χ4n) is 2.84. The number of ether oxygens (including phenoxy) is 1. The van der Waals surface area contributed by atoms with E-state index >= 15 is 0 Å². The molecule has 0 aromatic heterocycles. The van der Waals surface area contributed by atoms with Crippen LogP contribution in [-0.4, -0.2) is 36.4 Å². The van der Waals surface area contributed by atoms with Crippen LogP contribution in [0.4, 0.5) is 5.69 Å². The molecule has 5 heteroatoms. The summed E-state index contributed by atoms with van der Waals surface area (Å²) in [6, 6.07) is 3.19. The molecule has 1 saturated heterocycles. The summed E-state index contributed by atoms with van der Waals surface area (Å²) in [6.07, 6.45) is 1.61. The summed E-state index contributed by atoms with van der Waals surface area (Å²) in [6.45, 7) is 2.54. The quantitative estimate of drug-likeness (QED) is 0.833. The summed E-state index contributed by atoms with van der Waals surface area (Å²) >= 11 is 0. The molecular weight excluding hydrogens is 244 g/mol. The van der Waals surface area contributed by atoms with Gasteiger partial charge in [-0.05, 0) is 37.5 Å². The van der Waals surface area contributed by atoms with Gasteiger partial charge in [-0.25, -0.2) is 0 Å². The average molecular weight is 260 g/mol. The first kappa shape index (κ1) is 12.0. The first-order chi connectivity index (χ1) is 9.11. The standard InChI is InChI=1S/C14H16N2O3/c1-8-6-10-9(7-12(8)19-2)14(18)16-5-3-4-11(16)13(17)15-10/h6-7,11H,3-5H2,1-2H3,(H,15,17). The average Bonchev–Trinajstić information content (AvgIpc) is 2.84. The molecule has 2 heterocycles. The molecule has 1 fully saturated rings. The highest BCUT2D eigenvalue weighted by molar-refractivity contribution is 6.10. The van der Waals surface area contributed by atoms with Crippen molar-refractivity contribution in [1.29, 1.82) is 0 Å². The third-order valence-corrected chi connectivity index (χ3v) is 3.84. The number of rotatable bonds is 1. The van der Waals surface area contributed by atoms with E-state index in [9.17, 15) is 9.59 Å². The summed E-state index contributed by atoms with van der Waals surface area (Å²) in [5, 5.41) is 2.86. The third-order valence-electron chi connectivity index (χ3n) is 3.84. The number of nitrogens with one attached hydrogen (secondary N) is 1. The van der Waals surface area contributed by atoms with Gasteiger partial charge in [0.1, 0.15) is 11.8 Å². The van der Waals surface area contributed by atoms with Crippen molar-refractivity contribution >= 4 is 17.5 Å². The topological polar surface area (TPSA) is 58.6 Å². The number of hydrogen-bond acceptors (Lipinski definition) is 3. The summed E-state index contributed by atoms with van der Waals surface area (Å²) in [4.78, 5) is 26.3. The molecule has 2 aliphatic heterocycles. The first-order valence-electron chi connectivity index (χ1n) is 6.42. The maximum absolute atomic E-state index is 12.5. The minimum Gasteiger partial charge on any atom is -0.496 e. The maximum Gasteiger partial charge on any atom is 0.256 e. The van der Waals surface area contributed by atoms with E-state index in [4.69, 9.17) is 4.74 Å². The second-order valence-electron chi connectivity index (χ2n) is 5.01. The predicted octanol–water partition coefficient (Wildman–Crippen LogP) is 1.56. The van der Waals surface area contributed by atoms with Crippen molar-refractivity contribution in [2.45, 2.75) is 25.8 Å². The van der Waals surface area contributed by atoms with Gasteiger partial charge in [-0.15, -0.1) is 0 Å². The van der Waals surface area contributed by atoms with Crippen LogP contribution in [0.2, 0.25) is 0 Å². The zero-order chi connectivity index (χ0) is 13.6. The van der Waals surface area contributed by atoms with Crippen molar-refractivity contribution in [1.82, 2.24) is 4.90 Å². The number of anilines is 1. The Bertz CT molecular complexity index is 568. The molecule has 1 atom stereocenters. The molecule has 19 heavy (non-hydrogen) atoms. The number of carbonyl (C=O) groups is 2. The molecule has 0 radical (unpaired) electrons. The molecule has 1 N–H and O–H groups in total. The lowest BCUT2D eigenvalue weighted by Crippen LogP contribution is -2.40. The number of nitrogens with zero attached hydrogens (tertiary/aromatic N) is 1. The Morgan fingerprint density at radius 1 is 1.37 bits per heavy atom. The molecule has 2 aliphatic rings. The number of hydrogen-bond donors (Lipinski definition) is 1. The molecule has 3 rings (SSSR count). The number of fused-ring (bicyclic) bond motifs is 2. The van der Waals surface area contributed by atoms with E-state index in [1.807, 2.05) is 6.92 Å². The van der Waals surface area contributed by atoms with Crippen molar-refractivity contribution in [2.75, 3.05) is 19.0 Å².